The first-order chi connectivity index (χ1) is 9.76. The summed E-state index contributed by atoms with van der Waals surface area (Å²) in [6, 6.07) is -1.62. The summed E-state index contributed by atoms with van der Waals surface area (Å²) < 4.78 is 0. The van der Waals surface area contributed by atoms with Gasteiger partial charge < -0.3 is 25.3 Å². The third kappa shape index (κ3) is 4.59. The number of aliphatic carboxylic acids is 1. The molecule has 8 nitrogen and oxygen atoms in total. The number of amides is 3. The van der Waals surface area contributed by atoms with E-state index in [1.165, 1.54) is 4.90 Å². The molecule has 1 saturated heterocycles. The van der Waals surface area contributed by atoms with Crippen molar-refractivity contribution in [3.63, 3.8) is 0 Å². The van der Waals surface area contributed by atoms with E-state index in [1.54, 1.807) is 6.92 Å². The molecule has 1 heterocycles. The van der Waals surface area contributed by atoms with E-state index in [2.05, 4.69) is 5.32 Å². The number of rotatable bonds is 5. The molecule has 0 aliphatic carbocycles. The Hall–Kier alpha value is -1.83. The molecule has 0 radical (unpaired) electrons. The van der Waals surface area contributed by atoms with Crippen LogP contribution in [0.4, 0.5) is 4.79 Å². The van der Waals surface area contributed by atoms with Gasteiger partial charge in [0.25, 0.3) is 0 Å². The van der Waals surface area contributed by atoms with Crippen LogP contribution in [0.15, 0.2) is 0 Å². The number of carboxylic acids is 1. The number of hydrogen-bond donors (Lipinski definition) is 3. The topological polar surface area (TPSA) is 110 Å². The maximum Gasteiger partial charge on any atom is 0.326 e. The van der Waals surface area contributed by atoms with Gasteiger partial charge >= 0.3 is 12.0 Å². The molecule has 1 aliphatic rings. The van der Waals surface area contributed by atoms with Crippen molar-refractivity contribution in [2.24, 2.45) is 0 Å². The van der Waals surface area contributed by atoms with Gasteiger partial charge in [0.15, 0.2) is 0 Å². The fraction of sp³-hybridized carbons (Fsp3) is 0.769. The average molecular weight is 301 g/mol. The molecule has 1 fully saturated rings. The van der Waals surface area contributed by atoms with Gasteiger partial charge in [-0.3, -0.25) is 4.79 Å². The Morgan fingerprint density at radius 2 is 2.00 bits per heavy atom. The second kappa shape index (κ2) is 7.26. The van der Waals surface area contributed by atoms with Gasteiger partial charge in [-0.1, -0.05) is 0 Å². The lowest BCUT2D eigenvalue weighted by atomic mass is 10.2. The fourth-order valence-corrected chi connectivity index (χ4v) is 2.30. The van der Waals surface area contributed by atoms with Gasteiger partial charge in [0, 0.05) is 25.6 Å². The third-order valence-corrected chi connectivity index (χ3v) is 3.25. The van der Waals surface area contributed by atoms with Crippen LogP contribution in [0.25, 0.3) is 0 Å². The zero-order chi connectivity index (χ0) is 16.2. The average Bonchev–Trinajstić information content (AvgIpc) is 2.76. The number of nitrogens with one attached hydrogen (secondary N) is 1. The van der Waals surface area contributed by atoms with Crippen molar-refractivity contribution in [1.29, 1.82) is 0 Å². The molecule has 1 rings (SSSR count). The van der Waals surface area contributed by atoms with Crippen LogP contribution in [-0.4, -0.2) is 75.7 Å². The number of nitrogens with zero attached hydrogens (tertiary/aromatic N) is 2. The number of β-amino-alcohol motifs (C(OH)–C–C–N with tert-alkyl or cyclic N) is 1. The predicted octanol–water partition coefficient (Wildman–Crippen LogP) is -0.527. The number of carbonyl (C=O) groups is 3. The van der Waals surface area contributed by atoms with Crippen LogP contribution < -0.4 is 5.32 Å². The Balaban J connectivity index is 2.73. The zero-order valence-electron chi connectivity index (χ0n) is 12.6. The van der Waals surface area contributed by atoms with Gasteiger partial charge in [0.1, 0.15) is 12.6 Å². The van der Waals surface area contributed by atoms with Crippen LogP contribution in [0.3, 0.4) is 0 Å². The highest BCUT2D eigenvalue weighted by molar-refractivity contribution is 5.87. The first-order valence-corrected chi connectivity index (χ1v) is 7.02. The Morgan fingerprint density at radius 3 is 2.48 bits per heavy atom. The molecule has 120 valence electrons. The minimum absolute atomic E-state index is 0.0107. The minimum Gasteiger partial charge on any atom is -0.480 e. The SMILES string of the molecule is CCN(CC(=O)NC(C)C)C(=O)N1C[C@H](O)C[C@@H]1C(=O)O. The van der Waals surface area contributed by atoms with Gasteiger partial charge in [-0.25, -0.2) is 9.59 Å². The molecule has 0 aromatic rings. The van der Waals surface area contributed by atoms with Crippen LogP contribution in [0.2, 0.25) is 0 Å². The number of aliphatic hydroxyl groups is 1. The molecule has 3 amide bonds. The van der Waals surface area contributed by atoms with Crippen molar-refractivity contribution in [3.8, 4) is 0 Å². The standard InChI is InChI=1S/C13H23N3O5/c1-4-15(7-11(18)14-8(2)3)13(21)16-6-9(17)5-10(16)12(19)20/h8-10,17H,4-7H2,1-3H3,(H,14,18)(H,19,20)/t9-,10-/m1/s1. The largest absolute Gasteiger partial charge is 0.480 e. The van der Waals surface area contributed by atoms with Crippen LogP contribution in [0.5, 0.6) is 0 Å². The number of carbonyl (C=O) groups excluding carboxylic acids is 2. The number of carboxylic acid groups (broad SMARTS) is 1. The predicted molar refractivity (Wildman–Crippen MR) is 74.7 cm³/mol. The van der Waals surface area contributed by atoms with E-state index in [-0.39, 0.29) is 38.0 Å². The lowest BCUT2D eigenvalue weighted by Crippen LogP contribution is -2.51. The smallest absolute Gasteiger partial charge is 0.326 e. The number of likely N-dealkylation sites (N-methyl/N-ethyl adjacent to an activating group) is 1. The second-order valence-electron chi connectivity index (χ2n) is 5.41. The van der Waals surface area contributed by atoms with E-state index in [4.69, 9.17) is 5.11 Å². The highest BCUT2D eigenvalue weighted by Crippen LogP contribution is 2.19. The molecule has 0 spiro atoms. The lowest BCUT2D eigenvalue weighted by Gasteiger charge is -2.29. The van der Waals surface area contributed by atoms with Crippen molar-refractivity contribution < 1.29 is 24.6 Å². The summed E-state index contributed by atoms with van der Waals surface area (Å²) in [5, 5.41) is 21.3. The molecular formula is C13H23N3O5. The minimum atomic E-state index is -1.15. The molecule has 0 aromatic carbocycles. The Morgan fingerprint density at radius 1 is 1.38 bits per heavy atom. The number of hydrogen-bond acceptors (Lipinski definition) is 4. The molecule has 2 atom stereocenters. The summed E-state index contributed by atoms with van der Waals surface area (Å²) in [5.74, 6) is -1.45. The molecule has 0 bridgehead atoms. The summed E-state index contributed by atoms with van der Waals surface area (Å²) in [5.41, 5.74) is 0. The van der Waals surface area contributed by atoms with Crippen LogP contribution in [0.1, 0.15) is 27.2 Å². The first-order valence-electron chi connectivity index (χ1n) is 7.02. The summed E-state index contributed by atoms with van der Waals surface area (Å²) >= 11 is 0. The molecular weight excluding hydrogens is 278 g/mol. The Labute approximate surface area is 123 Å². The molecule has 8 heteroatoms. The van der Waals surface area contributed by atoms with E-state index >= 15 is 0 Å². The van der Waals surface area contributed by atoms with E-state index < -0.39 is 24.1 Å². The van der Waals surface area contributed by atoms with Crippen LogP contribution in [-0.2, 0) is 9.59 Å². The maximum atomic E-state index is 12.4. The van der Waals surface area contributed by atoms with Crippen molar-refractivity contribution in [3.05, 3.63) is 0 Å². The third-order valence-electron chi connectivity index (χ3n) is 3.25. The van der Waals surface area contributed by atoms with Crippen molar-refractivity contribution in [2.45, 2.75) is 45.4 Å². The van der Waals surface area contributed by atoms with E-state index in [1.807, 2.05) is 13.8 Å². The monoisotopic (exact) mass is 301 g/mol. The van der Waals surface area contributed by atoms with E-state index in [9.17, 15) is 19.5 Å². The molecule has 1 aliphatic heterocycles. The molecule has 0 saturated carbocycles. The van der Waals surface area contributed by atoms with Gasteiger partial charge in [-0.15, -0.1) is 0 Å². The van der Waals surface area contributed by atoms with E-state index in [0.29, 0.717) is 0 Å². The number of urea groups is 1. The highest BCUT2D eigenvalue weighted by atomic mass is 16.4. The lowest BCUT2D eigenvalue weighted by molar-refractivity contribution is -0.141. The van der Waals surface area contributed by atoms with Gasteiger partial charge in [-0.05, 0) is 20.8 Å². The van der Waals surface area contributed by atoms with Crippen LogP contribution >= 0.6 is 0 Å². The highest BCUT2D eigenvalue weighted by Gasteiger charge is 2.40. The Bertz CT molecular complexity index is 413. The maximum absolute atomic E-state index is 12.4. The Kier molecular flexibility index (Phi) is 5.95. The molecule has 0 unspecified atom stereocenters. The molecule has 0 aromatic heterocycles. The van der Waals surface area contributed by atoms with Crippen molar-refractivity contribution >= 4 is 17.9 Å². The van der Waals surface area contributed by atoms with Gasteiger partial charge in [0.2, 0.25) is 5.91 Å². The normalized spacial score (nSPS) is 21.5. The number of aliphatic hydroxyl groups excluding tert-OH is 1. The quantitative estimate of drug-likeness (QED) is 0.632. The van der Waals surface area contributed by atoms with Crippen molar-refractivity contribution in [2.75, 3.05) is 19.6 Å². The zero-order valence-corrected chi connectivity index (χ0v) is 12.6. The number of likely N-dealkylation sites (tertiary alicyclic amines) is 1. The first kappa shape index (κ1) is 17.2. The van der Waals surface area contributed by atoms with Gasteiger partial charge in [-0.2, -0.15) is 0 Å². The summed E-state index contributed by atoms with van der Waals surface area (Å²) in [4.78, 5) is 37.6. The molecule has 21 heavy (non-hydrogen) atoms. The summed E-state index contributed by atoms with van der Waals surface area (Å²) in [6.45, 7) is 5.46. The van der Waals surface area contributed by atoms with E-state index in [0.717, 1.165) is 4.90 Å². The fourth-order valence-electron chi connectivity index (χ4n) is 2.30. The van der Waals surface area contributed by atoms with Gasteiger partial charge in [0.05, 0.1) is 6.10 Å². The van der Waals surface area contributed by atoms with Crippen molar-refractivity contribution in [1.82, 2.24) is 15.1 Å². The van der Waals surface area contributed by atoms with Crippen LogP contribution in [0, 0.1) is 0 Å². The summed E-state index contributed by atoms with van der Waals surface area (Å²) in [7, 11) is 0. The second-order valence-corrected chi connectivity index (χ2v) is 5.41. The summed E-state index contributed by atoms with van der Waals surface area (Å²) in [6.07, 6.45) is -0.838. The molecule has 3 N–H and O–H groups in total.